The highest BCUT2D eigenvalue weighted by molar-refractivity contribution is 9.10. The summed E-state index contributed by atoms with van der Waals surface area (Å²) in [5.41, 5.74) is 7.18. The van der Waals surface area contributed by atoms with Gasteiger partial charge in [0.1, 0.15) is 10.4 Å². The van der Waals surface area contributed by atoms with E-state index in [4.69, 9.17) is 10.8 Å². The van der Waals surface area contributed by atoms with Gasteiger partial charge in [-0.25, -0.2) is 4.98 Å². The molecule has 0 bridgehead atoms. The van der Waals surface area contributed by atoms with Crippen molar-refractivity contribution in [3.63, 3.8) is 0 Å². The number of aliphatic hydroxyl groups excluding tert-OH is 1. The average molecular weight is 260 g/mol. The van der Waals surface area contributed by atoms with Gasteiger partial charge in [-0.1, -0.05) is 0 Å². The largest absolute Gasteiger partial charge is 0.396 e. The van der Waals surface area contributed by atoms with Gasteiger partial charge in [-0.15, -0.1) is 0 Å². The van der Waals surface area contributed by atoms with Crippen LogP contribution in [-0.4, -0.2) is 21.3 Å². The van der Waals surface area contributed by atoms with E-state index in [1.807, 2.05) is 0 Å². The van der Waals surface area contributed by atoms with E-state index in [2.05, 4.69) is 25.5 Å². The Kier molecular flexibility index (Phi) is 2.90. The van der Waals surface area contributed by atoms with Crippen LogP contribution in [0.1, 0.15) is 30.5 Å². The van der Waals surface area contributed by atoms with E-state index in [9.17, 15) is 0 Å². The minimum atomic E-state index is 0.0269. The maximum absolute atomic E-state index is 8.91. The van der Waals surface area contributed by atoms with Gasteiger partial charge in [0.2, 0.25) is 0 Å². The molecule has 1 aromatic heterocycles. The standard InChI is InChI=1S/C9H14BrN3O/c10-9-6-2-1-3-7(11)13(6)8(12-9)4-5-14/h7,14H,1-5,11H2. The first kappa shape index (κ1) is 10.1. The van der Waals surface area contributed by atoms with Gasteiger partial charge in [0.05, 0.1) is 18.5 Å². The van der Waals surface area contributed by atoms with Crippen molar-refractivity contribution >= 4 is 15.9 Å². The van der Waals surface area contributed by atoms with Crippen molar-refractivity contribution in [1.82, 2.24) is 9.55 Å². The molecule has 1 unspecified atom stereocenters. The third-order valence-corrected chi connectivity index (χ3v) is 3.25. The molecule has 1 aliphatic heterocycles. The van der Waals surface area contributed by atoms with Crippen molar-refractivity contribution in [1.29, 1.82) is 0 Å². The lowest BCUT2D eigenvalue weighted by Gasteiger charge is -2.23. The quantitative estimate of drug-likeness (QED) is 0.832. The van der Waals surface area contributed by atoms with Gasteiger partial charge >= 0.3 is 0 Å². The zero-order valence-corrected chi connectivity index (χ0v) is 9.50. The van der Waals surface area contributed by atoms with Crippen LogP contribution in [0.4, 0.5) is 0 Å². The summed E-state index contributed by atoms with van der Waals surface area (Å²) in [6.07, 6.45) is 3.73. The molecule has 4 nitrogen and oxygen atoms in total. The third-order valence-electron chi connectivity index (χ3n) is 2.61. The van der Waals surface area contributed by atoms with Gasteiger partial charge in [0.15, 0.2) is 0 Å². The lowest BCUT2D eigenvalue weighted by atomic mass is 10.1. The number of fused-ring (bicyclic) bond motifs is 1. The molecule has 5 heteroatoms. The highest BCUT2D eigenvalue weighted by Crippen LogP contribution is 2.28. The van der Waals surface area contributed by atoms with Crippen molar-refractivity contribution in [3.8, 4) is 0 Å². The minimum absolute atomic E-state index is 0.0269. The van der Waals surface area contributed by atoms with E-state index in [0.717, 1.165) is 29.7 Å². The summed E-state index contributed by atoms with van der Waals surface area (Å²) in [4.78, 5) is 4.37. The fraction of sp³-hybridized carbons (Fsp3) is 0.667. The van der Waals surface area contributed by atoms with Crippen molar-refractivity contribution in [2.75, 3.05) is 6.61 Å². The van der Waals surface area contributed by atoms with Crippen LogP contribution < -0.4 is 5.73 Å². The zero-order chi connectivity index (χ0) is 10.1. The van der Waals surface area contributed by atoms with Gasteiger partial charge in [0, 0.05) is 6.42 Å². The molecule has 0 aromatic carbocycles. The average Bonchev–Trinajstić information content (AvgIpc) is 2.46. The Morgan fingerprint density at radius 1 is 1.64 bits per heavy atom. The number of aromatic nitrogens is 2. The number of hydrogen-bond acceptors (Lipinski definition) is 3. The predicted molar refractivity (Wildman–Crippen MR) is 56.9 cm³/mol. The lowest BCUT2D eigenvalue weighted by Crippen LogP contribution is -2.26. The van der Waals surface area contributed by atoms with Gasteiger partial charge in [-0.05, 0) is 35.2 Å². The van der Waals surface area contributed by atoms with Crippen LogP contribution in [0.2, 0.25) is 0 Å². The molecule has 3 N–H and O–H groups in total. The first-order valence-corrected chi connectivity index (χ1v) is 5.65. The molecule has 0 saturated heterocycles. The number of hydrogen-bond donors (Lipinski definition) is 2. The van der Waals surface area contributed by atoms with Gasteiger partial charge in [-0.3, -0.25) is 0 Å². The summed E-state index contributed by atoms with van der Waals surface area (Å²) >= 11 is 3.43. The monoisotopic (exact) mass is 259 g/mol. The first-order valence-electron chi connectivity index (χ1n) is 4.86. The molecule has 1 aromatic rings. The summed E-state index contributed by atoms with van der Waals surface area (Å²) in [5, 5.41) is 8.91. The minimum Gasteiger partial charge on any atom is -0.396 e. The van der Waals surface area contributed by atoms with Crippen molar-refractivity contribution in [2.24, 2.45) is 5.73 Å². The molecule has 1 aliphatic rings. The van der Waals surface area contributed by atoms with Crippen LogP contribution in [0, 0.1) is 0 Å². The Bertz CT molecular complexity index is 337. The summed E-state index contributed by atoms with van der Waals surface area (Å²) in [5.74, 6) is 0.890. The van der Waals surface area contributed by atoms with Crippen LogP contribution in [0.15, 0.2) is 4.60 Å². The van der Waals surface area contributed by atoms with Gasteiger partial charge < -0.3 is 15.4 Å². The summed E-state index contributed by atoms with van der Waals surface area (Å²) in [6, 6.07) is 0. The van der Waals surface area contributed by atoms with E-state index in [-0.39, 0.29) is 12.8 Å². The third kappa shape index (κ3) is 1.60. The SMILES string of the molecule is NC1CCCc2c(Br)nc(CCO)n21. The van der Waals surface area contributed by atoms with Crippen LogP contribution >= 0.6 is 15.9 Å². The molecule has 0 aliphatic carbocycles. The summed E-state index contributed by atoms with van der Waals surface area (Å²) < 4.78 is 2.94. The Morgan fingerprint density at radius 3 is 3.14 bits per heavy atom. The highest BCUT2D eigenvalue weighted by Gasteiger charge is 2.22. The van der Waals surface area contributed by atoms with Crippen LogP contribution in [0.5, 0.6) is 0 Å². The normalized spacial score (nSPS) is 20.9. The fourth-order valence-electron chi connectivity index (χ4n) is 1.99. The van der Waals surface area contributed by atoms with E-state index in [1.165, 1.54) is 5.69 Å². The Hall–Kier alpha value is -0.390. The Balaban J connectivity index is 2.42. The Labute approximate surface area is 91.3 Å². The smallest absolute Gasteiger partial charge is 0.127 e. The second-order valence-electron chi connectivity index (χ2n) is 3.57. The van der Waals surface area contributed by atoms with Crippen molar-refractivity contribution in [3.05, 3.63) is 16.1 Å². The number of aliphatic hydroxyl groups is 1. The molecular weight excluding hydrogens is 246 g/mol. The van der Waals surface area contributed by atoms with E-state index in [1.54, 1.807) is 0 Å². The summed E-state index contributed by atoms with van der Waals surface area (Å²) in [7, 11) is 0. The molecule has 0 spiro atoms. The second kappa shape index (κ2) is 4.00. The fourth-order valence-corrected chi connectivity index (χ4v) is 2.58. The van der Waals surface area contributed by atoms with Crippen molar-refractivity contribution in [2.45, 2.75) is 31.8 Å². The maximum Gasteiger partial charge on any atom is 0.127 e. The number of nitrogens with zero attached hydrogens (tertiary/aromatic N) is 2. The molecule has 0 fully saturated rings. The first-order chi connectivity index (χ1) is 6.74. The van der Waals surface area contributed by atoms with Crippen LogP contribution in [-0.2, 0) is 12.8 Å². The molecule has 2 heterocycles. The topological polar surface area (TPSA) is 64.1 Å². The Morgan fingerprint density at radius 2 is 2.43 bits per heavy atom. The van der Waals surface area contributed by atoms with E-state index in [0.29, 0.717) is 6.42 Å². The molecule has 0 amide bonds. The van der Waals surface area contributed by atoms with Crippen LogP contribution in [0.3, 0.4) is 0 Å². The maximum atomic E-state index is 8.91. The molecule has 0 saturated carbocycles. The summed E-state index contributed by atoms with van der Waals surface area (Å²) in [6.45, 7) is 0.121. The van der Waals surface area contributed by atoms with Gasteiger partial charge in [-0.2, -0.15) is 0 Å². The zero-order valence-electron chi connectivity index (χ0n) is 7.91. The number of imidazole rings is 1. The molecule has 2 rings (SSSR count). The van der Waals surface area contributed by atoms with E-state index < -0.39 is 0 Å². The molecule has 0 radical (unpaired) electrons. The predicted octanol–water partition coefficient (Wildman–Crippen LogP) is 0.974. The molecule has 78 valence electrons. The van der Waals surface area contributed by atoms with Gasteiger partial charge in [0.25, 0.3) is 0 Å². The number of rotatable bonds is 2. The molecular formula is C9H14BrN3O. The molecule has 14 heavy (non-hydrogen) atoms. The lowest BCUT2D eigenvalue weighted by molar-refractivity contribution is 0.290. The van der Waals surface area contributed by atoms with Crippen molar-refractivity contribution < 1.29 is 5.11 Å². The van der Waals surface area contributed by atoms with E-state index >= 15 is 0 Å². The number of halogens is 1. The highest BCUT2D eigenvalue weighted by atomic mass is 79.9. The number of nitrogens with two attached hydrogens (primary N) is 1. The second-order valence-corrected chi connectivity index (χ2v) is 4.32. The van der Waals surface area contributed by atoms with Crippen LogP contribution in [0.25, 0.3) is 0 Å². The molecule has 1 atom stereocenters.